The van der Waals surface area contributed by atoms with Crippen LogP contribution in [0.1, 0.15) is 45.1 Å². The van der Waals surface area contributed by atoms with Gasteiger partial charge in [0.05, 0.1) is 18.3 Å². The number of hydrogen-bond acceptors (Lipinski definition) is 7. The average Bonchev–Trinajstić information content (AvgIpc) is 3.38. The highest BCUT2D eigenvalue weighted by Crippen LogP contribution is 2.33. The molecule has 3 aromatic rings. The van der Waals surface area contributed by atoms with Crippen molar-refractivity contribution < 1.29 is 28.2 Å². The zero-order valence-corrected chi connectivity index (χ0v) is 19.6. The van der Waals surface area contributed by atoms with Gasteiger partial charge in [0.1, 0.15) is 29.6 Å². The van der Waals surface area contributed by atoms with E-state index in [4.69, 9.17) is 18.3 Å². The molecular formula is C26H29N3O6. The van der Waals surface area contributed by atoms with Crippen molar-refractivity contribution in [1.29, 1.82) is 0 Å². The smallest absolute Gasteiger partial charge is 0.275 e. The molecule has 9 heteroatoms. The maximum atomic E-state index is 13.9. The van der Waals surface area contributed by atoms with Crippen LogP contribution in [0.5, 0.6) is 17.4 Å². The van der Waals surface area contributed by atoms with Gasteiger partial charge in [-0.25, -0.2) is 0 Å². The summed E-state index contributed by atoms with van der Waals surface area (Å²) in [6, 6.07) is 14.1. The molecule has 1 aromatic heterocycles. The van der Waals surface area contributed by atoms with Gasteiger partial charge in [-0.3, -0.25) is 14.2 Å². The molecule has 1 atom stereocenters. The van der Waals surface area contributed by atoms with Crippen molar-refractivity contribution in [3.05, 3.63) is 75.8 Å². The van der Waals surface area contributed by atoms with E-state index in [2.05, 4.69) is 4.98 Å². The zero-order chi connectivity index (χ0) is 27.4. The van der Waals surface area contributed by atoms with E-state index in [1.165, 1.54) is 30.2 Å². The minimum atomic E-state index is -2.84. The number of methoxy groups -OCH3 is 2. The van der Waals surface area contributed by atoms with Crippen molar-refractivity contribution in [2.45, 2.75) is 25.9 Å². The summed E-state index contributed by atoms with van der Waals surface area (Å²) in [5.74, 6) is -1.48. The number of nitrogens with zero attached hydrogens (tertiary/aromatic N) is 3. The summed E-state index contributed by atoms with van der Waals surface area (Å²) < 4.78 is 39.7. The number of benzene rings is 2. The molecule has 0 bridgehead atoms. The molecule has 1 N–H and O–H groups in total. The lowest BCUT2D eigenvalue weighted by molar-refractivity contribution is 0.0783. The minimum Gasteiger partial charge on any atom is -0.494 e. The van der Waals surface area contributed by atoms with E-state index in [9.17, 15) is 14.7 Å². The predicted molar refractivity (Wildman–Crippen MR) is 130 cm³/mol. The molecule has 184 valence electrons. The first-order chi connectivity index (χ1) is 18.1. The fourth-order valence-corrected chi connectivity index (χ4v) is 4.33. The number of amides is 1. The van der Waals surface area contributed by atoms with E-state index in [-0.39, 0.29) is 42.1 Å². The number of likely N-dealkylation sites (tertiary alicyclic amines) is 1. The largest absolute Gasteiger partial charge is 0.494 e. The lowest BCUT2D eigenvalue weighted by Gasteiger charge is -2.21. The molecule has 1 fully saturated rings. The summed E-state index contributed by atoms with van der Waals surface area (Å²) in [7, 11) is -1.49. The first kappa shape index (κ1) is 20.5. The number of carbonyl (C=O) groups excluding carboxylic acids is 1. The highest BCUT2D eigenvalue weighted by atomic mass is 16.5. The number of aromatic nitrogens is 2. The summed E-state index contributed by atoms with van der Waals surface area (Å²) in [6.07, 6.45) is 0.698. The number of carbonyl (C=O) groups is 1. The Hall–Kier alpha value is -3.85. The molecule has 35 heavy (non-hydrogen) atoms. The number of aromatic hydroxyl groups is 1. The molecule has 1 aliphatic heterocycles. The molecule has 4 rings (SSSR count). The Morgan fingerprint density at radius 1 is 1.17 bits per heavy atom. The van der Waals surface area contributed by atoms with Crippen LogP contribution in [0.25, 0.3) is 5.69 Å². The summed E-state index contributed by atoms with van der Waals surface area (Å²) in [5.41, 5.74) is -0.434. The van der Waals surface area contributed by atoms with Crippen LogP contribution < -0.4 is 15.0 Å². The van der Waals surface area contributed by atoms with Crippen LogP contribution in [-0.4, -0.2) is 59.3 Å². The summed E-state index contributed by atoms with van der Waals surface area (Å²) in [6.45, 7) is 2.56. The number of hydrogen-bond donors (Lipinski definition) is 1. The Morgan fingerprint density at radius 2 is 1.91 bits per heavy atom. The zero-order valence-electron chi connectivity index (χ0n) is 22.6. The molecule has 0 aliphatic carbocycles. The lowest BCUT2D eigenvalue weighted by Crippen LogP contribution is -2.37. The van der Waals surface area contributed by atoms with E-state index in [1.54, 1.807) is 6.92 Å². The molecule has 9 nitrogen and oxygen atoms in total. The third-order valence-electron chi connectivity index (χ3n) is 6.04. The molecule has 2 heterocycles. The number of rotatable bonds is 8. The second-order valence-corrected chi connectivity index (χ2v) is 8.06. The summed E-state index contributed by atoms with van der Waals surface area (Å²) in [5, 5.41) is 10.8. The molecular weight excluding hydrogens is 450 g/mol. The van der Waals surface area contributed by atoms with E-state index >= 15 is 0 Å². The molecule has 1 saturated heterocycles. The Kier molecular flexibility index (Phi) is 6.22. The maximum Gasteiger partial charge on any atom is 0.275 e. The van der Waals surface area contributed by atoms with Gasteiger partial charge in [-0.15, -0.1) is 0 Å². The highest BCUT2D eigenvalue weighted by Gasteiger charge is 2.33. The van der Waals surface area contributed by atoms with E-state index < -0.39 is 29.9 Å². The van der Waals surface area contributed by atoms with Crippen molar-refractivity contribution in [3.63, 3.8) is 0 Å². The van der Waals surface area contributed by atoms with Crippen molar-refractivity contribution in [2.24, 2.45) is 0 Å². The first-order valence-corrected chi connectivity index (χ1v) is 11.3. The third kappa shape index (κ3) is 4.72. The van der Waals surface area contributed by atoms with Crippen LogP contribution in [-0.2, 0) is 11.3 Å². The Morgan fingerprint density at radius 3 is 2.60 bits per heavy atom. The van der Waals surface area contributed by atoms with Gasteiger partial charge in [0, 0.05) is 25.6 Å². The highest BCUT2D eigenvalue weighted by molar-refractivity contribution is 5.96. The van der Waals surface area contributed by atoms with E-state index in [0.717, 1.165) is 10.1 Å². The molecule has 0 spiro atoms. The van der Waals surface area contributed by atoms with Crippen LogP contribution in [0, 0.1) is 0 Å². The van der Waals surface area contributed by atoms with Gasteiger partial charge in [0.15, 0.2) is 5.56 Å². The first-order valence-electron chi connectivity index (χ1n) is 12.8. The summed E-state index contributed by atoms with van der Waals surface area (Å²) >= 11 is 0. The van der Waals surface area contributed by atoms with Crippen LogP contribution in [0.3, 0.4) is 0 Å². The molecule has 0 saturated carbocycles. The third-order valence-corrected chi connectivity index (χ3v) is 6.04. The predicted octanol–water partition coefficient (Wildman–Crippen LogP) is 3.12. The van der Waals surface area contributed by atoms with Crippen LogP contribution in [0.2, 0.25) is 0 Å². The Labute approximate surface area is 207 Å². The molecule has 2 aromatic carbocycles. The Bertz CT molecular complexity index is 1360. The van der Waals surface area contributed by atoms with Crippen molar-refractivity contribution in [3.8, 4) is 23.1 Å². The second kappa shape index (κ2) is 10.6. The van der Waals surface area contributed by atoms with Gasteiger partial charge in [0.2, 0.25) is 5.88 Å². The van der Waals surface area contributed by atoms with Crippen molar-refractivity contribution >= 4 is 5.91 Å². The molecule has 0 unspecified atom stereocenters. The normalized spacial score (nSPS) is 16.9. The van der Waals surface area contributed by atoms with Gasteiger partial charge < -0.3 is 24.2 Å². The van der Waals surface area contributed by atoms with Gasteiger partial charge in [0.25, 0.3) is 11.5 Å². The summed E-state index contributed by atoms with van der Waals surface area (Å²) in [4.78, 5) is 33.1. The molecule has 0 radical (unpaired) electrons. The van der Waals surface area contributed by atoms with Crippen LogP contribution >= 0.6 is 0 Å². The fourth-order valence-electron chi connectivity index (χ4n) is 4.33. The van der Waals surface area contributed by atoms with Gasteiger partial charge in [-0.2, -0.15) is 4.98 Å². The maximum absolute atomic E-state index is 13.9. The van der Waals surface area contributed by atoms with Gasteiger partial charge >= 0.3 is 0 Å². The minimum absolute atomic E-state index is 0.0608. The Balaban J connectivity index is 1.83. The topological polar surface area (TPSA) is 103 Å². The van der Waals surface area contributed by atoms with Gasteiger partial charge in [-0.1, -0.05) is 36.4 Å². The van der Waals surface area contributed by atoms with Crippen LogP contribution in [0.15, 0.2) is 53.3 Å². The quantitative estimate of drug-likeness (QED) is 0.526. The van der Waals surface area contributed by atoms with E-state index in [1.807, 2.05) is 30.3 Å². The number of para-hydroxylation sites is 1. The van der Waals surface area contributed by atoms with Crippen LogP contribution in [0.4, 0.5) is 0 Å². The SMILES string of the molecule is [2H]C([2H])([2H])Oc1cccc(OC)c1-n1c(COCC)nc(O)c(C(=O)N2CC[C@@H](c3ccccc3)C2)c1=O. The fraction of sp³-hybridized carbons (Fsp3) is 0.346. The second-order valence-electron chi connectivity index (χ2n) is 8.06. The average molecular weight is 483 g/mol. The van der Waals surface area contributed by atoms with Crippen molar-refractivity contribution in [1.82, 2.24) is 14.5 Å². The van der Waals surface area contributed by atoms with Gasteiger partial charge in [-0.05, 0) is 31.0 Å². The molecule has 1 amide bonds. The van der Waals surface area contributed by atoms with Crippen molar-refractivity contribution in [2.75, 3.05) is 33.8 Å². The lowest BCUT2D eigenvalue weighted by atomic mass is 9.99. The monoisotopic (exact) mass is 482 g/mol. The standard InChI is InChI=1S/C26H29N3O6/c1-4-35-16-21-27-24(30)22(25(31)28-14-13-18(15-28)17-9-6-5-7-10-17)26(32)29(21)23-19(33-2)11-8-12-20(23)34-3/h5-12,18,30H,4,13-16H2,1-3H3/t18-/m1/s1/i2D3. The number of ether oxygens (including phenoxy) is 3. The molecule has 1 aliphatic rings. The van der Waals surface area contributed by atoms with E-state index in [0.29, 0.717) is 19.5 Å².